The molecule has 4 atom stereocenters. The van der Waals surface area contributed by atoms with Gasteiger partial charge in [0.15, 0.2) is 11.9 Å². The Labute approximate surface area is 165 Å². The highest BCUT2D eigenvalue weighted by Crippen LogP contribution is 2.32. The first kappa shape index (κ1) is 21.6. The lowest BCUT2D eigenvalue weighted by Gasteiger charge is -2.17. The lowest BCUT2D eigenvalue weighted by molar-refractivity contribution is -0.173. The van der Waals surface area contributed by atoms with E-state index in [1.807, 2.05) is 0 Å². The number of nitrogens with two attached hydrogens (primary N) is 1. The molecule has 162 valence electrons. The van der Waals surface area contributed by atoms with Gasteiger partial charge in [0.1, 0.15) is 18.3 Å². The van der Waals surface area contributed by atoms with Crippen LogP contribution in [0.5, 0.6) is 0 Å². The first-order valence-electron chi connectivity index (χ1n) is 8.41. The number of hydrogen-bond donors (Lipinski definition) is 6. The van der Waals surface area contributed by atoms with Crippen LogP contribution in [0.25, 0.3) is 11.0 Å². The van der Waals surface area contributed by atoms with Crippen LogP contribution in [0.1, 0.15) is 11.8 Å². The first-order valence-corrected chi connectivity index (χ1v) is 8.41. The Balaban J connectivity index is 1.99. The molecule has 30 heavy (non-hydrogen) atoms. The van der Waals surface area contributed by atoms with E-state index < -0.39 is 55.3 Å². The van der Waals surface area contributed by atoms with Crippen LogP contribution in [0.15, 0.2) is 11.0 Å². The predicted octanol–water partition coefficient (Wildman–Crippen LogP) is -2.05. The minimum Gasteiger partial charge on any atom is -0.394 e. The van der Waals surface area contributed by atoms with E-state index in [0.29, 0.717) is 0 Å². The highest BCUT2D eigenvalue weighted by atomic mass is 19.4. The highest BCUT2D eigenvalue weighted by Gasteiger charge is 2.44. The molecule has 2 aromatic rings. The second-order valence-corrected chi connectivity index (χ2v) is 6.31. The van der Waals surface area contributed by atoms with Gasteiger partial charge in [0.2, 0.25) is 5.95 Å². The fraction of sp³-hybridized carbons (Fsp3) is 0.438. The maximum Gasteiger partial charge on any atom is 0.471 e. The molecule has 0 spiro atoms. The van der Waals surface area contributed by atoms with E-state index in [1.165, 1.54) is 10.8 Å². The van der Waals surface area contributed by atoms with Crippen LogP contribution in [0.2, 0.25) is 0 Å². The van der Waals surface area contributed by atoms with E-state index in [0.717, 1.165) is 0 Å². The van der Waals surface area contributed by atoms with Crippen LogP contribution in [-0.2, 0) is 9.53 Å². The summed E-state index contributed by atoms with van der Waals surface area (Å²) in [6, 6.07) is 0. The van der Waals surface area contributed by atoms with Gasteiger partial charge in [0, 0.05) is 6.20 Å². The average Bonchev–Trinajstić information content (AvgIpc) is 3.15. The molecular formula is C16H16F3N5O6. The number of carbonyl (C=O) groups is 1. The van der Waals surface area contributed by atoms with Gasteiger partial charge in [-0.05, 0) is 0 Å². The van der Waals surface area contributed by atoms with E-state index in [4.69, 9.17) is 10.5 Å². The molecule has 3 heterocycles. The number of nitrogens with one attached hydrogen (secondary N) is 2. The third-order valence-electron chi connectivity index (χ3n) is 4.31. The molecule has 0 bridgehead atoms. The maximum absolute atomic E-state index is 12.3. The number of aliphatic hydroxyl groups excluding tert-OH is 3. The SMILES string of the molecule is Nc1nc2c(c(C#CCNC(=O)C(F)(F)F)cn2C2OC(CO)C(O)C2O)c(=O)[nH]1. The number of amides is 1. The zero-order chi connectivity index (χ0) is 22.2. The summed E-state index contributed by atoms with van der Waals surface area (Å²) in [6.07, 6.45) is -9.11. The van der Waals surface area contributed by atoms with Crippen molar-refractivity contribution in [1.82, 2.24) is 19.9 Å². The Hall–Kier alpha value is -3.12. The molecule has 14 heteroatoms. The van der Waals surface area contributed by atoms with Crippen molar-refractivity contribution in [1.29, 1.82) is 0 Å². The van der Waals surface area contributed by atoms with Crippen molar-refractivity contribution in [3.8, 4) is 11.8 Å². The second-order valence-electron chi connectivity index (χ2n) is 6.31. The number of aliphatic hydroxyl groups is 3. The Morgan fingerprint density at radius 1 is 1.40 bits per heavy atom. The lowest BCUT2D eigenvalue weighted by atomic mass is 10.1. The van der Waals surface area contributed by atoms with Gasteiger partial charge < -0.3 is 35.7 Å². The number of anilines is 1. The van der Waals surface area contributed by atoms with Crippen LogP contribution < -0.4 is 16.6 Å². The molecule has 4 unspecified atom stereocenters. The third-order valence-corrected chi connectivity index (χ3v) is 4.31. The number of halogens is 3. The van der Waals surface area contributed by atoms with Crippen LogP contribution >= 0.6 is 0 Å². The quantitative estimate of drug-likeness (QED) is 0.301. The summed E-state index contributed by atoms with van der Waals surface area (Å²) in [4.78, 5) is 29.3. The van der Waals surface area contributed by atoms with Crippen LogP contribution in [0.4, 0.5) is 19.1 Å². The molecule has 0 saturated carbocycles. The van der Waals surface area contributed by atoms with Gasteiger partial charge >= 0.3 is 12.1 Å². The number of H-pyrrole nitrogens is 1. The minimum atomic E-state index is -5.06. The van der Waals surface area contributed by atoms with Gasteiger partial charge in [0.25, 0.3) is 5.56 Å². The summed E-state index contributed by atoms with van der Waals surface area (Å²) in [5, 5.41) is 30.9. The lowest BCUT2D eigenvalue weighted by Crippen LogP contribution is -2.36. The Morgan fingerprint density at radius 2 is 2.10 bits per heavy atom. The van der Waals surface area contributed by atoms with Gasteiger partial charge in [-0.3, -0.25) is 14.6 Å². The van der Waals surface area contributed by atoms with E-state index in [-0.39, 0.29) is 22.5 Å². The molecular weight excluding hydrogens is 415 g/mol. The normalized spacial score (nSPS) is 23.9. The zero-order valence-electron chi connectivity index (χ0n) is 15.0. The molecule has 0 aliphatic carbocycles. The summed E-state index contributed by atoms with van der Waals surface area (Å²) in [5.41, 5.74) is 4.76. The van der Waals surface area contributed by atoms with Gasteiger partial charge in [-0.1, -0.05) is 11.8 Å². The van der Waals surface area contributed by atoms with Crippen molar-refractivity contribution in [2.24, 2.45) is 0 Å². The molecule has 0 aromatic carbocycles. The number of rotatable bonds is 3. The number of nitrogens with zero attached hydrogens (tertiary/aromatic N) is 2. The number of ether oxygens (including phenoxy) is 1. The second kappa shape index (κ2) is 7.95. The van der Waals surface area contributed by atoms with E-state index in [9.17, 15) is 38.1 Å². The summed E-state index contributed by atoms with van der Waals surface area (Å²) in [6.45, 7) is -1.24. The molecule has 1 aliphatic heterocycles. The Bertz CT molecular complexity index is 1090. The van der Waals surface area contributed by atoms with Gasteiger partial charge in [-0.25, -0.2) is 0 Å². The predicted molar refractivity (Wildman–Crippen MR) is 93.7 cm³/mol. The van der Waals surface area contributed by atoms with E-state index in [1.54, 1.807) is 5.32 Å². The maximum atomic E-state index is 12.3. The minimum absolute atomic E-state index is 0.00209. The van der Waals surface area contributed by atoms with E-state index in [2.05, 4.69) is 21.8 Å². The standard InChI is InChI=1S/C16H16F3N5O6/c17-16(18,19)14(29)21-3-1-2-6-4-24(11-8(6)12(28)23-15(20)22-11)13-10(27)9(26)7(5-25)30-13/h4,7,9-10,13,25-27H,3,5H2,(H,21,29)(H3,20,22,23,28). The molecule has 1 amide bonds. The topological polar surface area (TPSA) is 176 Å². The van der Waals surface area contributed by atoms with Crippen molar-refractivity contribution in [3.63, 3.8) is 0 Å². The number of hydrogen-bond acceptors (Lipinski definition) is 8. The number of fused-ring (bicyclic) bond motifs is 1. The molecule has 1 fully saturated rings. The van der Waals surface area contributed by atoms with Crippen LogP contribution in [0, 0.1) is 11.8 Å². The fourth-order valence-electron chi connectivity index (χ4n) is 2.94. The Kier molecular flexibility index (Phi) is 5.72. The monoisotopic (exact) mass is 431 g/mol. The van der Waals surface area contributed by atoms with Crippen LogP contribution in [-0.4, -0.2) is 73.4 Å². The van der Waals surface area contributed by atoms with Crippen molar-refractivity contribution in [3.05, 3.63) is 22.1 Å². The zero-order valence-corrected chi connectivity index (χ0v) is 15.0. The number of carbonyl (C=O) groups excluding carboxylic acids is 1. The molecule has 11 nitrogen and oxygen atoms in total. The van der Waals surface area contributed by atoms with E-state index >= 15 is 0 Å². The molecule has 3 rings (SSSR count). The largest absolute Gasteiger partial charge is 0.471 e. The highest BCUT2D eigenvalue weighted by molar-refractivity contribution is 5.84. The summed E-state index contributed by atoms with van der Waals surface area (Å²) >= 11 is 0. The third kappa shape index (κ3) is 3.96. The van der Waals surface area contributed by atoms with Gasteiger partial charge in [0.05, 0.1) is 24.1 Å². The van der Waals surface area contributed by atoms with Gasteiger partial charge in [-0.15, -0.1) is 0 Å². The Morgan fingerprint density at radius 3 is 2.70 bits per heavy atom. The molecule has 1 aliphatic rings. The first-order chi connectivity index (χ1) is 14.0. The molecule has 1 saturated heterocycles. The van der Waals surface area contributed by atoms with Crippen LogP contribution in [0.3, 0.4) is 0 Å². The number of aromatic nitrogens is 3. The van der Waals surface area contributed by atoms with Crippen molar-refractivity contribution in [2.75, 3.05) is 18.9 Å². The van der Waals surface area contributed by atoms with Crippen molar-refractivity contribution >= 4 is 22.9 Å². The average molecular weight is 431 g/mol. The smallest absolute Gasteiger partial charge is 0.394 e. The molecule has 2 aromatic heterocycles. The number of alkyl halides is 3. The molecule has 7 N–H and O–H groups in total. The van der Waals surface area contributed by atoms with Gasteiger partial charge in [-0.2, -0.15) is 18.2 Å². The van der Waals surface area contributed by atoms with Crippen molar-refractivity contribution in [2.45, 2.75) is 30.7 Å². The summed E-state index contributed by atoms with van der Waals surface area (Å²) in [7, 11) is 0. The summed E-state index contributed by atoms with van der Waals surface area (Å²) in [5.74, 6) is 2.29. The number of nitrogen functional groups attached to an aromatic ring is 1. The molecule has 0 radical (unpaired) electrons. The number of aromatic amines is 1. The fourth-order valence-corrected chi connectivity index (χ4v) is 2.94. The van der Waals surface area contributed by atoms with Crippen molar-refractivity contribution < 1.29 is 38.0 Å². The summed E-state index contributed by atoms with van der Waals surface area (Å²) < 4.78 is 43.2.